The van der Waals surface area contributed by atoms with Gasteiger partial charge in [-0.15, -0.1) is 0 Å². The van der Waals surface area contributed by atoms with E-state index in [1.165, 1.54) is 11.3 Å². The van der Waals surface area contributed by atoms with E-state index in [0.29, 0.717) is 15.2 Å². The van der Waals surface area contributed by atoms with Gasteiger partial charge >= 0.3 is 0 Å². The Hall–Kier alpha value is -0.940. The van der Waals surface area contributed by atoms with Crippen LogP contribution in [0.5, 0.6) is 0 Å². The van der Waals surface area contributed by atoms with Gasteiger partial charge < -0.3 is 11.1 Å². The predicted molar refractivity (Wildman–Crippen MR) is 58.7 cm³/mol. The van der Waals surface area contributed by atoms with Crippen LogP contribution in [0.1, 0.15) is 19.5 Å². The van der Waals surface area contributed by atoms with E-state index >= 15 is 0 Å². The Labute approximate surface area is 86.0 Å². The van der Waals surface area contributed by atoms with E-state index in [1.807, 2.05) is 13.8 Å². The van der Waals surface area contributed by atoms with Gasteiger partial charge in [-0.3, -0.25) is 0 Å². The van der Waals surface area contributed by atoms with E-state index < -0.39 is 0 Å². The van der Waals surface area contributed by atoms with Gasteiger partial charge in [0, 0.05) is 6.21 Å². The third kappa shape index (κ3) is 3.52. The lowest BCUT2D eigenvalue weighted by molar-refractivity contribution is 1.33. The second-order valence-corrected chi connectivity index (χ2v) is 3.16. The van der Waals surface area contributed by atoms with Crippen LogP contribution in [0.25, 0.3) is 0 Å². The standard InChI is InChI=1S/C5H5ClN4S.C2H6/c6-4-3(1-7)10-5(11-4)9-2-8;1-2/h1-2,7H,(H2,8,9,10);1-2H3. The fourth-order valence-corrected chi connectivity index (χ4v) is 1.44. The minimum Gasteiger partial charge on any atom is -0.390 e. The van der Waals surface area contributed by atoms with Crippen LogP contribution in [0.2, 0.25) is 4.34 Å². The quantitative estimate of drug-likeness (QED) is 0.591. The first-order chi connectivity index (χ1) is 6.27. The molecule has 1 aromatic rings. The summed E-state index contributed by atoms with van der Waals surface area (Å²) < 4.78 is 0.459. The van der Waals surface area contributed by atoms with Crippen molar-refractivity contribution in [1.29, 1.82) is 5.41 Å². The number of aromatic nitrogens is 1. The summed E-state index contributed by atoms with van der Waals surface area (Å²) in [7, 11) is 0. The van der Waals surface area contributed by atoms with Crippen molar-refractivity contribution in [3.8, 4) is 0 Å². The summed E-state index contributed by atoms with van der Waals surface area (Å²) in [6.07, 6.45) is 2.22. The largest absolute Gasteiger partial charge is 0.390 e. The number of rotatable bonds is 2. The molecule has 13 heavy (non-hydrogen) atoms. The number of nitrogens with zero attached hydrogens (tertiary/aromatic N) is 2. The normalized spacial score (nSPS) is 9.46. The van der Waals surface area contributed by atoms with E-state index in [4.69, 9.17) is 22.7 Å². The molecule has 0 aliphatic rings. The van der Waals surface area contributed by atoms with Crippen LogP contribution in [0, 0.1) is 5.41 Å². The third-order valence-electron chi connectivity index (χ3n) is 0.920. The Morgan fingerprint density at radius 1 is 1.62 bits per heavy atom. The number of nitrogens with two attached hydrogens (primary N) is 1. The summed E-state index contributed by atoms with van der Waals surface area (Å²) in [6.45, 7) is 4.00. The minimum atomic E-state index is 0.428. The fourth-order valence-electron chi connectivity index (χ4n) is 0.510. The van der Waals surface area contributed by atoms with Crippen LogP contribution >= 0.6 is 22.9 Å². The Morgan fingerprint density at radius 2 is 2.23 bits per heavy atom. The van der Waals surface area contributed by atoms with E-state index in [-0.39, 0.29) is 0 Å². The lowest BCUT2D eigenvalue weighted by Crippen LogP contribution is -1.86. The summed E-state index contributed by atoms with van der Waals surface area (Å²) >= 11 is 6.86. The summed E-state index contributed by atoms with van der Waals surface area (Å²) in [5.41, 5.74) is 5.46. The highest BCUT2D eigenvalue weighted by molar-refractivity contribution is 7.19. The molecule has 6 heteroatoms. The topological polar surface area (TPSA) is 75.1 Å². The van der Waals surface area contributed by atoms with Crippen molar-refractivity contribution < 1.29 is 0 Å². The van der Waals surface area contributed by atoms with Crippen molar-refractivity contribution in [3.63, 3.8) is 0 Å². The lowest BCUT2D eigenvalue weighted by Gasteiger charge is -1.77. The summed E-state index contributed by atoms with van der Waals surface area (Å²) in [5, 5.41) is 7.35. The van der Waals surface area contributed by atoms with Crippen LogP contribution in [-0.2, 0) is 0 Å². The first kappa shape index (κ1) is 12.1. The molecular weight excluding hydrogens is 208 g/mol. The highest BCUT2D eigenvalue weighted by Gasteiger charge is 2.04. The molecule has 0 saturated heterocycles. The SMILES string of the molecule is CC.N=Cc1nc(N=CN)sc1Cl. The van der Waals surface area contributed by atoms with Crippen molar-refractivity contribution >= 4 is 40.6 Å². The number of halogens is 1. The monoisotopic (exact) mass is 218 g/mol. The molecule has 1 heterocycles. The minimum absolute atomic E-state index is 0.428. The van der Waals surface area contributed by atoms with Gasteiger partial charge in [0.05, 0.1) is 6.34 Å². The van der Waals surface area contributed by atoms with Crippen LogP contribution in [0.3, 0.4) is 0 Å². The first-order valence-corrected chi connectivity index (χ1v) is 4.88. The number of hydrogen-bond donors (Lipinski definition) is 2. The van der Waals surface area contributed by atoms with Crippen LogP contribution < -0.4 is 5.73 Å². The van der Waals surface area contributed by atoms with Gasteiger partial charge in [0.2, 0.25) is 5.13 Å². The molecule has 0 saturated carbocycles. The molecular formula is C7H11ClN4S. The molecule has 72 valence electrons. The average molecular weight is 219 g/mol. The molecule has 0 aliphatic carbocycles. The van der Waals surface area contributed by atoms with Crippen molar-refractivity contribution in [2.24, 2.45) is 10.7 Å². The maximum Gasteiger partial charge on any atom is 0.212 e. The third-order valence-corrected chi connectivity index (χ3v) is 2.11. The zero-order valence-electron chi connectivity index (χ0n) is 7.41. The highest BCUT2D eigenvalue weighted by atomic mass is 35.5. The van der Waals surface area contributed by atoms with Gasteiger partial charge in [-0.2, -0.15) is 0 Å². The van der Waals surface area contributed by atoms with Gasteiger partial charge in [0.25, 0.3) is 0 Å². The summed E-state index contributed by atoms with van der Waals surface area (Å²) in [4.78, 5) is 7.59. The smallest absolute Gasteiger partial charge is 0.212 e. The van der Waals surface area contributed by atoms with Crippen LogP contribution in [-0.4, -0.2) is 17.5 Å². The van der Waals surface area contributed by atoms with Crippen molar-refractivity contribution in [2.75, 3.05) is 0 Å². The number of aliphatic imine (C=N–C) groups is 1. The van der Waals surface area contributed by atoms with Gasteiger partial charge in [-0.1, -0.05) is 36.8 Å². The molecule has 0 radical (unpaired) electrons. The van der Waals surface area contributed by atoms with Crippen LogP contribution in [0.4, 0.5) is 5.13 Å². The van der Waals surface area contributed by atoms with E-state index in [2.05, 4.69) is 9.98 Å². The molecule has 4 nitrogen and oxygen atoms in total. The second kappa shape index (κ2) is 6.56. The van der Waals surface area contributed by atoms with E-state index in [9.17, 15) is 0 Å². The predicted octanol–water partition coefficient (Wildman–Crippen LogP) is 2.44. The van der Waals surface area contributed by atoms with Gasteiger partial charge in [-0.05, 0) is 0 Å². The van der Waals surface area contributed by atoms with Crippen molar-refractivity contribution in [2.45, 2.75) is 13.8 Å². The molecule has 0 unspecified atom stereocenters. The maximum atomic E-state index is 6.88. The average Bonchev–Trinajstić information content (AvgIpc) is 2.50. The Balaban J connectivity index is 0.000000671. The summed E-state index contributed by atoms with van der Waals surface area (Å²) in [5.74, 6) is 0. The number of hydrogen-bond acceptors (Lipinski definition) is 4. The van der Waals surface area contributed by atoms with E-state index in [1.54, 1.807) is 0 Å². The molecule has 1 aromatic heterocycles. The highest BCUT2D eigenvalue weighted by Crippen LogP contribution is 2.28. The first-order valence-electron chi connectivity index (χ1n) is 3.69. The molecule has 0 aliphatic heterocycles. The number of thiazole rings is 1. The van der Waals surface area contributed by atoms with E-state index in [0.717, 1.165) is 12.6 Å². The van der Waals surface area contributed by atoms with Crippen molar-refractivity contribution in [1.82, 2.24) is 4.98 Å². The maximum absolute atomic E-state index is 6.88. The molecule has 0 spiro atoms. The molecule has 0 aromatic carbocycles. The molecule has 1 rings (SSSR count). The van der Waals surface area contributed by atoms with Gasteiger partial charge in [-0.25, -0.2) is 9.98 Å². The zero-order chi connectivity index (χ0) is 10.3. The Bertz CT molecular complexity index is 295. The fraction of sp³-hybridized carbons (Fsp3) is 0.286. The zero-order valence-corrected chi connectivity index (χ0v) is 8.99. The summed E-state index contributed by atoms with van der Waals surface area (Å²) in [6, 6.07) is 0. The molecule has 0 amide bonds. The van der Waals surface area contributed by atoms with Gasteiger partial charge in [0.15, 0.2) is 0 Å². The Morgan fingerprint density at radius 3 is 2.62 bits per heavy atom. The second-order valence-electron chi connectivity index (χ2n) is 1.58. The lowest BCUT2D eigenvalue weighted by atomic mass is 10.5. The van der Waals surface area contributed by atoms with Crippen molar-refractivity contribution in [3.05, 3.63) is 10.0 Å². The van der Waals surface area contributed by atoms with Gasteiger partial charge in [0.1, 0.15) is 10.0 Å². The number of nitrogens with one attached hydrogen (secondary N) is 1. The molecule has 0 fully saturated rings. The molecule has 0 bridgehead atoms. The van der Waals surface area contributed by atoms with Crippen LogP contribution in [0.15, 0.2) is 4.99 Å². The Kier molecular flexibility index (Phi) is 6.09. The molecule has 0 atom stereocenters. The molecule has 3 N–H and O–H groups in total.